The molecule has 0 aliphatic carbocycles. The van der Waals surface area contributed by atoms with E-state index in [0.717, 1.165) is 5.69 Å². The van der Waals surface area contributed by atoms with Crippen molar-refractivity contribution in [3.63, 3.8) is 0 Å². The molecule has 17 heavy (non-hydrogen) atoms. The van der Waals surface area contributed by atoms with E-state index in [4.69, 9.17) is 4.74 Å². The molecule has 1 aromatic heterocycles. The average Bonchev–Trinajstić information content (AvgIpc) is 2.75. The number of carbonyl (C=O) groups is 1. The van der Waals surface area contributed by atoms with Crippen molar-refractivity contribution in [3.05, 3.63) is 18.2 Å². The van der Waals surface area contributed by atoms with Crippen molar-refractivity contribution in [1.29, 1.82) is 0 Å². The highest BCUT2D eigenvalue weighted by atomic mass is 16.5. The van der Waals surface area contributed by atoms with Gasteiger partial charge in [-0.25, -0.2) is 4.98 Å². The van der Waals surface area contributed by atoms with Crippen LogP contribution in [0.4, 0.5) is 0 Å². The van der Waals surface area contributed by atoms with Crippen LogP contribution in [0, 0.1) is 0 Å². The third kappa shape index (κ3) is 3.56. The predicted molar refractivity (Wildman–Crippen MR) is 65.7 cm³/mol. The maximum atomic E-state index is 11.5. The van der Waals surface area contributed by atoms with Crippen LogP contribution in [-0.4, -0.2) is 29.2 Å². The Hall–Kier alpha value is -1.36. The molecule has 0 aliphatic heterocycles. The van der Waals surface area contributed by atoms with E-state index < -0.39 is 0 Å². The summed E-state index contributed by atoms with van der Waals surface area (Å²) in [6, 6.07) is 0.268. The van der Waals surface area contributed by atoms with Crippen molar-refractivity contribution in [2.45, 2.75) is 39.3 Å². The fourth-order valence-electron chi connectivity index (χ4n) is 1.76. The van der Waals surface area contributed by atoms with Crippen LogP contribution >= 0.6 is 0 Å². The summed E-state index contributed by atoms with van der Waals surface area (Å²) in [7, 11) is 1.83. The van der Waals surface area contributed by atoms with E-state index in [1.807, 2.05) is 14.0 Å². The normalized spacial score (nSPS) is 12.8. The van der Waals surface area contributed by atoms with Gasteiger partial charge in [0.25, 0.3) is 0 Å². The molecule has 0 saturated carbocycles. The van der Waals surface area contributed by atoms with Crippen LogP contribution in [0.2, 0.25) is 0 Å². The third-order valence-corrected chi connectivity index (χ3v) is 2.63. The van der Waals surface area contributed by atoms with Gasteiger partial charge >= 0.3 is 5.97 Å². The first kappa shape index (κ1) is 13.7. The zero-order valence-electron chi connectivity index (χ0n) is 10.9. The summed E-state index contributed by atoms with van der Waals surface area (Å²) in [6.45, 7) is 6.40. The van der Waals surface area contributed by atoms with E-state index in [9.17, 15) is 4.79 Å². The molecule has 0 aliphatic rings. The molecule has 1 rings (SSSR count). The number of nitrogens with one attached hydrogen (secondary N) is 1. The van der Waals surface area contributed by atoms with Crippen molar-refractivity contribution in [2.24, 2.45) is 0 Å². The van der Waals surface area contributed by atoms with Crippen molar-refractivity contribution in [3.8, 4) is 0 Å². The number of hydrogen-bond acceptors (Lipinski definition) is 4. The van der Waals surface area contributed by atoms with Crippen LogP contribution in [0.25, 0.3) is 0 Å². The maximum Gasteiger partial charge on any atom is 0.307 e. The highest BCUT2D eigenvalue weighted by molar-refractivity contribution is 5.70. The predicted octanol–water partition coefficient (Wildman–Crippen LogP) is 1.68. The molecular weight excluding hydrogens is 218 g/mol. The summed E-state index contributed by atoms with van der Waals surface area (Å²) >= 11 is 0. The van der Waals surface area contributed by atoms with Crippen LogP contribution in [0.1, 0.15) is 45.0 Å². The molecule has 1 unspecified atom stereocenters. The van der Waals surface area contributed by atoms with Gasteiger partial charge in [-0.05, 0) is 27.8 Å². The Balaban J connectivity index is 2.79. The molecule has 1 N–H and O–H groups in total. The summed E-state index contributed by atoms with van der Waals surface area (Å²) in [5.41, 5.74) is 1.01. The van der Waals surface area contributed by atoms with Gasteiger partial charge in [0.05, 0.1) is 31.1 Å². The van der Waals surface area contributed by atoms with E-state index >= 15 is 0 Å². The number of ether oxygens (including phenoxy) is 1. The molecule has 0 spiro atoms. The first-order chi connectivity index (χ1) is 8.10. The molecule has 0 bridgehead atoms. The summed E-state index contributed by atoms with van der Waals surface area (Å²) in [4.78, 5) is 15.6. The molecule has 96 valence electrons. The number of imidazole rings is 1. The molecule has 0 aromatic carbocycles. The average molecular weight is 239 g/mol. The molecule has 1 heterocycles. The maximum absolute atomic E-state index is 11.5. The zero-order valence-corrected chi connectivity index (χ0v) is 10.9. The lowest BCUT2D eigenvalue weighted by molar-refractivity contribution is -0.143. The minimum Gasteiger partial charge on any atom is -0.466 e. The Morgan fingerprint density at radius 3 is 2.82 bits per heavy atom. The summed E-state index contributed by atoms with van der Waals surface area (Å²) in [6.07, 6.45) is 3.90. The first-order valence-corrected chi connectivity index (χ1v) is 5.94. The Morgan fingerprint density at radius 2 is 2.29 bits per heavy atom. The minimum atomic E-state index is -0.191. The van der Waals surface area contributed by atoms with Gasteiger partial charge in [-0.3, -0.25) is 4.79 Å². The van der Waals surface area contributed by atoms with Gasteiger partial charge in [-0.1, -0.05) is 0 Å². The lowest BCUT2D eigenvalue weighted by atomic mass is 10.1. The molecule has 5 nitrogen and oxygen atoms in total. The van der Waals surface area contributed by atoms with Gasteiger partial charge in [0.15, 0.2) is 0 Å². The molecule has 0 amide bonds. The Labute approximate surface area is 102 Å². The SMILES string of the molecule is CCOC(=O)CC(NC)c1cncn1C(C)C. The zero-order chi connectivity index (χ0) is 12.8. The van der Waals surface area contributed by atoms with Crippen molar-refractivity contribution in [2.75, 3.05) is 13.7 Å². The second kappa shape index (κ2) is 6.39. The largest absolute Gasteiger partial charge is 0.466 e. The smallest absolute Gasteiger partial charge is 0.307 e. The number of aromatic nitrogens is 2. The molecule has 1 aromatic rings. The molecule has 1 atom stereocenters. The molecule has 0 saturated heterocycles. The second-order valence-electron chi connectivity index (χ2n) is 4.17. The van der Waals surface area contributed by atoms with Gasteiger partial charge < -0.3 is 14.6 Å². The molecule has 0 radical (unpaired) electrons. The Bertz CT molecular complexity index is 360. The number of carbonyl (C=O) groups excluding carboxylic acids is 1. The molecule has 5 heteroatoms. The topological polar surface area (TPSA) is 56.1 Å². The molecular formula is C12H21N3O2. The highest BCUT2D eigenvalue weighted by Gasteiger charge is 2.19. The lowest BCUT2D eigenvalue weighted by Crippen LogP contribution is -2.24. The fourth-order valence-corrected chi connectivity index (χ4v) is 1.76. The highest BCUT2D eigenvalue weighted by Crippen LogP contribution is 2.20. The van der Waals surface area contributed by atoms with Crippen LogP contribution in [-0.2, 0) is 9.53 Å². The monoisotopic (exact) mass is 239 g/mol. The number of rotatable bonds is 6. The van der Waals surface area contributed by atoms with Crippen LogP contribution in [0.3, 0.4) is 0 Å². The third-order valence-electron chi connectivity index (χ3n) is 2.63. The number of nitrogens with zero attached hydrogens (tertiary/aromatic N) is 2. The van der Waals surface area contributed by atoms with E-state index in [1.54, 1.807) is 12.5 Å². The summed E-state index contributed by atoms with van der Waals surface area (Å²) in [5.74, 6) is -0.191. The number of hydrogen-bond donors (Lipinski definition) is 1. The van der Waals surface area contributed by atoms with E-state index in [-0.39, 0.29) is 12.0 Å². The van der Waals surface area contributed by atoms with Crippen LogP contribution < -0.4 is 5.32 Å². The van der Waals surface area contributed by atoms with Gasteiger partial charge in [0, 0.05) is 12.2 Å². The van der Waals surface area contributed by atoms with E-state index in [1.165, 1.54) is 0 Å². The van der Waals surface area contributed by atoms with Crippen molar-refractivity contribution < 1.29 is 9.53 Å². The van der Waals surface area contributed by atoms with Crippen molar-refractivity contribution >= 4 is 5.97 Å². The Morgan fingerprint density at radius 1 is 1.59 bits per heavy atom. The van der Waals surface area contributed by atoms with Crippen LogP contribution in [0.5, 0.6) is 0 Å². The summed E-state index contributed by atoms with van der Waals surface area (Å²) in [5, 5.41) is 3.13. The molecule has 0 fully saturated rings. The minimum absolute atomic E-state index is 0.0565. The van der Waals surface area contributed by atoms with Gasteiger partial charge in [-0.15, -0.1) is 0 Å². The number of esters is 1. The van der Waals surface area contributed by atoms with E-state index in [0.29, 0.717) is 19.1 Å². The van der Waals surface area contributed by atoms with E-state index in [2.05, 4.69) is 28.7 Å². The standard InChI is InChI=1S/C12H21N3O2/c1-5-17-12(16)6-10(13-4)11-7-14-8-15(11)9(2)3/h7-10,13H,5-6H2,1-4H3. The quantitative estimate of drug-likeness (QED) is 0.767. The second-order valence-corrected chi connectivity index (χ2v) is 4.17. The van der Waals surface area contributed by atoms with Gasteiger partial charge in [-0.2, -0.15) is 0 Å². The van der Waals surface area contributed by atoms with Crippen LogP contribution in [0.15, 0.2) is 12.5 Å². The fraction of sp³-hybridized carbons (Fsp3) is 0.667. The van der Waals surface area contributed by atoms with Gasteiger partial charge in [0.1, 0.15) is 0 Å². The summed E-state index contributed by atoms with van der Waals surface area (Å²) < 4.78 is 7.02. The lowest BCUT2D eigenvalue weighted by Gasteiger charge is -2.19. The van der Waals surface area contributed by atoms with Crippen molar-refractivity contribution in [1.82, 2.24) is 14.9 Å². The first-order valence-electron chi connectivity index (χ1n) is 5.94. The van der Waals surface area contributed by atoms with Gasteiger partial charge in [0.2, 0.25) is 0 Å². The Kier molecular flexibility index (Phi) is 5.15.